The molecule has 0 unspecified atom stereocenters. The van der Waals surface area contributed by atoms with Gasteiger partial charge in [-0.25, -0.2) is 21.1 Å². The van der Waals surface area contributed by atoms with Crippen LogP contribution in [0.5, 0.6) is 0 Å². The van der Waals surface area contributed by atoms with Gasteiger partial charge in [-0.2, -0.15) is 0 Å². The highest BCUT2D eigenvalue weighted by Crippen LogP contribution is 2.29. The van der Waals surface area contributed by atoms with E-state index in [1.807, 2.05) is 6.92 Å². The second kappa shape index (κ2) is 8.14. The van der Waals surface area contributed by atoms with E-state index >= 15 is 0 Å². The van der Waals surface area contributed by atoms with Gasteiger partial charge < -0.3 is 4.90 Å². The van der Waals surface area contributed by atoms with Crippen LogP contribution in [0.2, 0.25) is 5.02 Å². The molecule has 3 rings (SSSR count). The van der Waals surface area contributed by atoms with Crippen LogP contribution in [0.1, 0.15) is 15.9 Å². The molecular formula is C20H21ClN2O5S2. The van der Waals surface area contributed by atoms with Gasteiger partial charge in [-0.05, 0) is 55.0 Å². The van der Waals surface area contributed by atoms with Crippen molar-refractivity contribution in [2.24, 2.45) is 0 Å². The summed E-state index contributed by atoms with van der Waals surface area (Å²) in [6.07, 6.45) is 1.46. The summed E-state index contributed by atoms with van der Waals surface area (Å²) in [5.41, 5.74) is 1.50. The third-order valence-electron chi connectivity index (χ3n) is 4.77. The minimum atomic E-state index is -3.63. The summed E-state index contributed by atoms with van der Waals surface area (Å²) < 4.78 is 49.5. The fourth-order valence-electron chi connectivity index (χ4n) is 3.03. The van der Waals surface area contributed by atoms with Crippen molar-refractivity contribution in [2.75, 3.05) is 24.7 Å². The molecule has 0 aromatic heterocycles. The first-order valence-electron chi connectivity index (χ1n) is 8.96. The molecule has 0 radical (unpaired) electrons. The van der Waals surface area contributed by atoms with Gasteiger partial charge >= 0.3 is 0 Å². The van der Waals surface area contributed by atoms with E-state index in [-0.39, 0.29) is 16.2 Å². The van der Waals surface area contributed by atoms with Gasteiger partial charge in [0.25, 0.3) is 5.91 Å². The van der Waals surface area contributed by atoms with Crippen molar-refractivity contribution >= 4 is 43.1 Å². The van der Waals surface area contributed by atoms with Crippen LogP contribution in [0.15, 0.2) is 58.8 Å². The average molecular weight is 469 g/mol. The predicted octanol–water partition coefficient (Wildman–Crippen LogP) is 2.86. The number of carbonyl (C=O) groups is 1. The van der Waals surface area contributed by atoms with Gasteiger partial charge in [0, 0.05) is 35.8 Å². The highest BCUT2D eigenvalue weighted by Gasteiger charge is 2.32. The Balaban J connectivity index is 2.02. The van der Waals surface area contributed by atoms with E-state index in [4.69, 9.17) is 11.6 Å². The van der Waals surface area contributed by atoms with Gasteiger partial charge in [0.05, 0.1) is 16.7 Å². The number of nitrogens with zero attached hydrogens (tertiary/aromatic N) is 2. The topological polar surface area (TPSA) is 91.8 Å². The van der Waals surface area contributed by atoms with Gasteiger partial charge in [-0.15, -0.1) is 0 Å². The molecule has 0 spiro atoms. The van der Waals surface area contributed by atoms with Crippen LogP contribution in [0.4, 0.5) is 5.69 Å². The SMILES string of the molecule is Cc1ccc(N(C(=O)c2ccc(S(=O)(=O)N(C)C)cc2)[C@H]2C=CS(=O)(=O)C2)cc1Cl. The first-order valence-corrected chi connectivity index (χ1v) is 12.5. The zero-order valence-electron chi connectivity index (χ0n) is 16.6. The number of sulfonamides is 1. The molecule has 0 bridgehead atoms. The van der Waals surface area contributed by atoms with Crippen LogP contribution in [-0.4, -0.2) is 52.9 Å². The second-order valence-corrected chi connectivity index (χ2v) is 11.6. The number of anilines is 1. The van der Waals surface area contributed by atoms with Crippen molar-refractivity contribution in [3.8, 4) is 0 Å². The number of aryl methyl sites for hydroxylation is 1. The summed E-state index contributed by atoms with van der Waals surface area (Å²) in [6.45, 7) is 1.82. The Kier molecular flexibility index (Phi) is 6.10. The maximum Gasteiger partial charge on any atom is 0.258 e. The Morgan fingerprint density at radius 2 is 1.73 bits per heavy atom. The molecule has 160 valence electrons. The number of hydrogen-bond acceptors (Lipinski definition) is 5. The summed E-state index contributed by atoms with van der Waals surface area (Å²) >= 11 is 6.23. The first kappa shape index (κ1) is 22.5. The molecule has 0 aliphatic carbocycles. The average Bonchev–Trinajstić information content (AvgIpc) is 3.04. The number of amides is 1. The van der Waals surface area contributed by atoms with Crippen molar-refractivity contribution in [3.63, 3.8) is 0 Å². The smallest absolute Gasteiger partial charge is 0.258 e. The quantitative estimate of drug-likeness (QED) is 0.672. The van der Waals surface area contributed by atoms with Crippen LogP contribution in [0.25, 0.3) is 0 Å². The standard InChI is InChI=1S/C20H21ClN2O5S2/c1-14-4-7-16(12-19(14)21)23(17-10-11-29(25,26)13-17)20(24)15-5-8-18(9-6-15)30(27,28)22(2)3/h4-12,17H,13H2,1-3H3/t17-/m0/s1. The molecule has 1 aliphatic heterocycles. The molecule has 1 heterocycles. The molecule has 30 heavy (non-hydrogen) atoms. The molecule has 2 aromatic rings. The number of sulfone groups is 1. The van der Waals surface area contributed by atoms with Gasteiger partial charge in [0.2, 0.25) is 10.0 Å². The van der Waals surface area contributed by atoms with Crippen molar-refractivity contribution in [1.29, 1.82) is 0 Å². The Hall–Kier alpha value is -2.20. The molecule has 7 nitrogen and oxygen atoms in total. The van der Waals surface area contributed by atoms with Crippen molar-refractivity contribution in [3.05, 3.63) is 70.1 Å². The van der Waals surface area contributed by atoms with E-state index in [9.17, 15) is 21.6 Å². The number of benzene rings is 2. The van der Waals surface area contributed by atoms with Crippen LogP contribution in [0, 0.1) is 6.92 Å². The Morgan fingerprint density at radius 1 is 1.10 bits per heavy atom. The van der Waals surface area contributed by atoms with E-state index < -0.39 is 31.8 Å². The van der Waals surface area contributed by atoms with E-state index in [0.29, 0.717) is 10.7 Å². The van der Waals surface area contributed by atoms with Crippen LogP contribution in [0.3, 0.4) is 0 Å². The molecule has 2 aromatic carbocycles. The molecular weight excluding hydrogens is 448 g/mol. The first-order chi connectivity index (χ1) is 13.9. The summed E-state index contributed by atoms with van der Waals surface area (Å²) in [4.78, 5) is 14.7. The molecule has 0 saturated carbocycles. The highest BCUT2D eigenvalue weighted by molar-refractivity contribution is 7.94. The van der Waals surface area contributed by atoms with Crippen molar-refractivity contribution in [2.45, 2.75) is 17.9 Å². The van der Waals surface area contributed by atoms with Crippen molar-refractivity contribution < 1.29 is 21.6 Å². The van der Waals surface area contributed by atoms with E-state index in [1.54, 1.807) is 18.2 Å². The lowest BCUT2D eigenvalue weighted by atomic mass is 10.1. The van der Waals surface area contributed by atoms with E-state index in [1.165, 1.54) is 49.3 Å². The zero-order chi connectivity index (χ0) is 22.3. The predicted molar refractivity (Wildman–Crippen MR) is 117 cm³/mol. The molecule has 0 fully saturated rings. The highest BCUT2D eigenvalue weighted by atomic mass is 35.5. The second-order valence-electron chi connectivity index (χ2n) is 7.15. The van der Waals surface area contributed by atoms with Gasteiger partial charge in [0.1, 0.15) is 0 Å². The fourth-order valence-corrected chi connectivity index (χ4v) is 5.38. The Morgan fingerprint density at radius 3 is 2.23 bits per heavy atom. The summed E-state index contributed by atoms with van der Waals surface area (Å²) in [5.74, 6) is -0.701. The van der Waals surface area contributed by atoms with Crippen LogP contribution < -0.4 is 4.90 Å². The largest absolute Gasteiger partial charge is 0.300 e. The van der Waals surface area contributed by atoms with Gasteiger partial charge in [-0.1, -0.05) is 17.7 Å². The maximum absolute atomic E-state index is 13.3. The fraction of sp³-hybridized carbons (Fsp3) is 0.250. The Bertz CT molecular complexity index is 1220. The van der Waals surface area contributed by atoms with Crippen LogP contribution in [-0.2, 0) is 19.9 Å². The lowest BCUT2D eigenvalue weighted by Gasteiger charge is -2.28. The van der Waals surface area contributed by atoms with E-state index in [0.717, 1.165) is 15.3 Å². The summed E-state index contributed by atoms with van der Waals surface area (Å²) in [7, 11) is -4.20. The molecule has 1 aliphatic rings. The van der Waals surface area contributed by atoms with Crippen LogP contribution >= 0.6 is 11.6 Å². The number of carbonyl (C=O) groups excluding carboxylic acids is 1. The molecule has 1 atom stereocenters. The maximum atomic E-state index is 13.3. The molecule has 0 N–H and O–H groups in total. The minimum absolute atomic E-state index is 0.0531. The monoisotopic (exact) mass is 468 g/mol. The zero-order valence-corrected chi connectivity index (χ0v) is 19.0. The third-order valence-corrected chi connectivity index (χ3v) is 8.39. The van der Waals surface area contributed by atoms with Crippen molar-refractivity contribution in [1.82, 2.24) is 4.31 Å². The van der Waals surface area contributed by atoms with E-state index in [2.05, 4.69) is 0 Å². The summed E-state index contributed by atoms with van der Waals surface area (Å²) in [6, 6.07) is 9.88. The Labute approximate surface area is 181 Å². The number of hydrogen-bond donors (Lipinski definition) is 0. The lowest BCUT2D eigenvalue weighted by molar-refractivity contribution is 0.0983. The normalized spacial score (nSPS) is 18.0. The lowest BCUT2D eigenvalue weighted by Crippen LogP contribution is -2.41. The molecule has 1 amide bonds. The third kappa shape index (κ3) is 4.44. The number of halogens is 1. The van der Waals surface area contributed by atoms with Gasteiger partial charge in [0.15, 0.2) is 9.84 Å². The number of rotatable bonds is 5. The van der Waals surface area contributed by atoms with Gasteiger partial charge in [-0.3, -0.25) is 4.79 Å². The molecule has 0 saturated heterocycles. The molecule has 10 heteroatoms. The summed E-state index contributed by atoms with van der Waals surface area (Å²) in [5, 5.41) is 1.54. The minimum Gasteiger partial charge on any atom is -0.300 e.